The summed E-state index contributed by atoms with van der Waals surface area (Å²) in [5.41, 5.74) is 6.01. The maximum Gasteiger partial charge on any atom is 0.255 e. The number of amides is 1. The van der Waals surface area contributed by atoms with E-state index in [4.69, 9.17) is 22.1 Å². The lowest BCUT2D eigenvalue weighted by Gasteiger charge is -2.32. The fourth-order valence-electron chi connectivity index (χ4n) is 2.28. The first-order valence-corrected chi connectivity index (χ1v) is 6.81. The number of nitrogens with two attached hydrogens (primary N) is 1. The third-order valence-electron chi connectivity index (χ3n) is 3.17. The van der Waals surface area contributed by atoms with Gasteiger partial charge in [-0.25, -0.2) is 4.98 Å². The van der Waals surface area contributed by atoms with Crippen molar-refractivity contribution in [2.45, 2.75) is 25.9 Å². The smallest absolute Gasteiger partial charge is 0.255 e. The summed E-state index contributed by atoms with van der Waals surface area (Å²) in [4.78, 5) is 18.1. The highest BCUT2D eigenvalue weighted by Gasteiger charge is 2.26. The van der Waals surface area contributed by atoms with Crippen LogP contribution >= 0.6 is 11.6 Å². The summed E-state index contributed by atoms with van der Waals surface area (Å²) in [6.45, 7) is 3.95. The largest absolute Gasteiger partial charge is 0.384 e. The van der Waals surface area contributed by atoms with Gasteiger partial charge in [0.05, 0.1) is 16.7 Å². The number of carbonyl (C=O) groups is 1. The van der Waals surface area contributed by atoms with E-state index in [0.29, 0.717) is 29.6 Å². The number of nitrogen functional groups attached to an aromatic ring is 1. The fourth-order valence-corrected chi connectivity index (χ4v) is 2.47. The highest BCUT2D eigenvalue weighted by molar-refractivity contribution is 6.33. The van der Waals surface area contributed by atoms with Gasteiger partial charge < -0.3 is 15.4 Å². The Kier molecular flexibility index (Phi) is 4.61. The van der Waals surface area contributed by atoms with E-state index in [1.165, 1.54) is 12.3 Å². The molecule has 1 amide bonds. The van der Waals surface area contributed by atoms with Crippen molar-refractivity contribution >= 4 is 23.3 Å². The minimum atomic E-state index is -0.108. The van der Waals surface area contributed by atoms with Gasteiger partial charge in [-0.15, -0.1) is 0 Å². The van der Waals surface area contributed by atoms with Crippen molar-refractivity contribution in [3.8, 4) is 0 Å². The molecule has 1 aliphatic heterocycles. The van der Waals surface area contributed by atoms with Gasteiger partial charge in [0.15, 0.2) is 0 Å². The SMILES string of the molecule is CCOC1CCCN(C(=O)c2cc(N)ncc2Cl)C1. The lowest BCUT2D eigenvalue weighted by molar-refractivity contribution is 0.00725. The zero-order chi connectivity index (χ0) is 13.8. The van der Waals surface area contributed by atoms with Crippen LogP contribution in [-0.2, 0) is 4.74 Å². The van der Waals surface area contributed by atoms with Crippen LogP contribution in [0.15, 0.2) is 12.3 Å². The summed E-state index contributed by atoms with van der Waals surface area (Å²) >= 11 is 6.01. The normalized spacial score (nSPS) is 19.5. The minimum Gasteiger partial charge on any atom is -0.384 e. The number of carbonyl (C=O) groups excluding carboxylic acids is 1. The van der Waals surface area contributed by atoms with Gasteiger partial charge in [0.25, 0.3) is 5.91 Å². The van der Waals surface area contributed by atoms with E-state index in [9.17, 15) is 4.79 Å². The first-order chi connectivity index (χ1) is 9.11. The van der Waals surface area contributed by atoms with Gasteiger partial charge in [-0.05, 0) is 25.8 Å². The van der Waals surface area contributed by atoms with Crippen molar-refractivity contribution < 1.29 is 9.53 Å². The third kappa shape index (κ3) is 3.36. The van der Waals surface area contributed by atoms with Crippen molar-refractivity contribution in [3.05, 3.63) is 22.8 Å². The number of pyridine rings is 1. The van der Waals surface area contributed by atoms with Gasteiger partial charge in [0.1, 0.15) is 5.82 Å². The average Bonchev–Trinajstić information content (AvgIpc) is 2.41. The number of halogens is 1. The highest BCUT2D eigenvalue weighted by Crippen LogP contribution is 2.21. The van der Waals surface area contributed by atoms with Gasteiger partial charge in [-0.3, -0.25) is 4.79 Å². The summed E-state index contributed by atoms with van der Waals surface area (Å²) in [6.07, 6.45) is 3.45. The molecule has 1 unspecified atom stereocenters. The molecule has 1 aromatic rings. The number of anilines is 1. The van der Waals surface area contributed by atoms with E-state index in [2.05, 4.69) is 4.98 Å². The van der Waals surface area contributed by atoms with E-state index in [1.54, 1.807) is 4.90 Å². The van der Waals surface area contributed by atoms with Crippen molar-refractivity contribution in [2.24, 2.45) is 0 Å². The number of aromatic nitrogens is 1. The number of rotatable bonds is 3. The number of ether oxygens (including phenoxy) is 1. The number of nitrogens with zero attached hydrogens (tertiary/aromatic N) is 2. The second-order valence-corrected chi connectivity index (χ2v) is 4.97. The zero-order valence-corrected chi connectivity index (χ0v) is 11.7. The van der Waals surface area contributed by atoms with Gasteiger partial charge in [-0.2, -0.15) is 0 Å². The molecule has 2 heterocycles. The van der Waals surface area contributed by atoms with Gasteiger partial charge in [0.2, 0.25) is 0 Å². The zero-order valence-electron chi connectivity index (χ0n) is 10.9. The molecular weight excluding hydrogens is 266 g/mol. The molecular formula is C13H18ClN3O2. The van der Waals surface area contributed by atoms with Crippen LogP contribution in [0.5, 0.6) is 0 Å². The summed E-state index contributed by atoms with van der Waals surface area (Å²) < 4.78 is 5.59. The molecule has 1 fully saturated rings. The summed E-state index contributed by atoms with van der Waals surface area (Å²) in [6, 6.07) is 1.52. The molecule has 19 heavy (non-hydrogen) atoms. The monoisotopic (exact) mass is 283 g/mol. The Hall–Kier alpha value is -1.33. The molecule has 6 heteroatoms. The predicted molar refractivity (Wildman–Crippen MR) is 74.2 cm³/mol. The van der Waals surface area contributed by atoms with Crippen molar-refractivity contribution in [1.82, 2.24) is 9.88 Å². The standard InChI is InChI=1S/C13H18ClN3O2/c1-2-19-9-4-3-5-17(8-9)13(18)10-6-12(15)16-7-11(10)14/h6-7,9H,2-5,8H2,1H3,(H2,15,16). The molecule has 1 atom stereocenters. The van der Waals surface area contributed by atoms with Crippen LogP contribution < -0.4 is 5.73 Å². The number of hydrogen-bond acceptors (Lipinski definition) is 4. The van der Waals surface area contributed by atoms with Crippen LogP contribution in [0.1, 0.15) is 30.1 Å². The Labute approximate surface area is 117 Å². The number of hydrogen-bond donors (Lipinski definition) is 1. The average molecular weight is 284 g/mol. The second kappa shape index (κ2) is 6.21. The Morgan fingerprint density at radius 1 is 1.68 bits per heavy atom. The molecule has 0 bridgehead atoms. The Morgan fingerprint density at radius 3 is 3.21 bits per heavy atom. The molecule has 1 aromatic heterocycles. The molecule has 5 nitrogen and oxygen atoms in total. The van der Waals surface area contributed by atoms with E-state index in [0.717, 1.165) is 19.4 Å². The molecule has 0 saturated carbocycles. The quantitative estimate of drug-likeness (QED) is 0.921. The molecule has 2 N–H and O–H groups in total. The van der Waals surface area contributed by atoms with Crippen LogP contribution in [-0.4, -0.2) is 41.6 Å². The number of piperidine rings is 1. The maximum atomic E-state index is 12.4. The lowest BCUT2D eigenvalue weighted by atomic mass is 10.1. The molecule has 0 radical (unpaired) electrons. The first kappa shape index (κ1) is 14.1. The van der Waals surface area contributed by atoms with Crippen molar-refractivity contribution in [1.29, 1.82) is 0 Å². The van der Waals surface area contributed by atoms with E-state index < -0.39 is 0 Å². The van der Waals surface area contributed by atoms with Crippen LogP contribution in [0.3, 0.4) is 0 Å². The van der Waals surface area contributed by atoms with Gasteiger partial charge in [-0.1, -0.05) is 11.6 Å². The Morgan fingerprint density at radius 2 is 2.47 bits per heavy atom. The van der Waals surface area contributed by atoms with Crippen LogP contribution in [0.25, 0.3) is 0 Å². The van der Waals surface area contributed by atoms with Crippen LogP contribution in [0, 0.1) is 0 Å². The van der Waals surface area contributed by atoms with E-state index >= 15 is 0 Å². The Bertz CT molecular complexity index is 465. The molecule has 1 aliphatic rings. The fraction of sp³-hybridized carbons (Fsp3) is 0.538. The summed E-state index contributed by atoms with van der Waals surface area (Å²) in [5.74, 6) is 0.189. The van der Waals surface area contributed by atoms with Crippen LogP contribution in [0.2, 0.25) is 5.02 Å². The molecule has 104 valence electrons. The molecule has 2 rings (SSSR count). The van der Waals surface area contributed by atoms with E-state index in [1.807, 2.05) is 6.92 Å². The topological polar surface area (TPSA) is 68.5 Å². The minimum absolute atomic E-state index is 0.108. The maximum absolute atomic E-state index is 12.4. The Balaban J connectivity index is 2.12. The van der Waals surface area contributed by atoms with Crippen molar-refractivity contribution in [2.75, 3.05) is 25.4 Å². The highest BCUT2D eigenvalue weighted by atomic mass is 35.5. The second-order valence-electron chi connectivity index (χ2n) is 4.56. The molecule has 0 aromatic carbocycles. The summed E-state index contributed by atoms with van der Waals surface area (Å²) in [7, 11) is 0. The van der Waals surface area contributed by atoms with Crippen LogP contribution in [0.4, 0.5) is 5.82 Å². The van der Waals surface area contributed by atoms with Gasteiger partial charge >= 0.3 is 0 Å². The first-order valence-electron chi connectivity index (χ1n) is 6.43. The molecule has 0 aliphatic carbocycles. The summed E-state index contributed by atoms with van der Waals surface area (Å²) in [5, 5.41) is 0.331. The predicted octanol–water partition coefficient (Wildman–Crippen LogP) is 1.96. The molecule has 0 spiro atoms. The van der Waals surface area contributed by atoms with Gasteiger partial charge in [0, 0.05) is 25.9 Å². The molecule has 1 saturated heterocycles. The lowest BCUT2D eigenvalue weighted by Crippen LogP contribution is -2.43. The number of likely N-dealkylation sites (tertiary alicyclic amines) is 1. The van der Waals surface area contributed by atoms with E-state index in [-0.39, 0.29) is 12.0 Å². The third-order valence-corrected chi connectivity index (χ3v) is 3.48. The van der Waals surface area contributed by atoms with Crippen molar-refractivity contribution in [3.63, 3.8) is 0 Å².